The maximum absolute atomic E-state index is 12.8. The summed E-state index contributed by atoms with van der Waals surface area (Å²) in [6.45, 7) is 1.56. The SMILES string of the molecule is CCOC(=O)C1=C(COC(=O)Cc2c[nH]c3ccccc23)NC(=O)NC1c1ccc(OC)cc1. The largest absolute Gasteiger partial charge is 0.497 e. The van der Waals surface area contributed by atoms with Crippen LogP contribution in [0.25, 0.3) is 10.9 Å². The number of amides is 2. The van der Waals surface area contributed by atoms with Crippen LogP contribution in [-0.2, 0) is 25.5 Å². The number of nitrogens with one attached hydrogen (secondary N) is 3. The molecule has 1 atom stereocenters. The predicted octanol–water partition coefficient (Wildman–Crippen LogP) is 3.13. The molecular formula is C25H25N3O6. The fourth-order valence-corrected chi connectivity index (χ4v) is 3.87. The highest BCUT2D eigenvalue weighted by Crippen LogP contribution is 2.29. The van der Waals surface area contributed by atoms with Crippen molar-refractivity contribution in [1.29, 1.82) is 0 Å². The van der Waals surface area contributed by atoms with Gasteiger partial charge in [-0.2, -0.15) is 0 Å². The van der Waals surface area contributed by atoms with Crippen molar-refractivity contribution in [2.24, 2.45) is 0 Å². The van der Waals surface area contributed by atoms with E-state index < -0.39 is 24.0 Å². The second-order valence-electron chi connectivity index (χ2n) is 7.61. The van der Waals surface area contributed by atoms with Crippen LogP contribution in [0.4, 0.5) is 4.79 Å². The molecule has 0 saturated carbocycles. The fraction of sp³-hybridized carbons (Fsp3) is 0.240. The first-order chi connectivity index (χ1) is 16.5. The number of ether oxygens (including phenoxy) is 3. The third-order valence-electron chi connectivity index (χ3n) is 5.49. The second kappa shape index (κ2) is 10.1. The van der Waals surface area contributed by atoms with Crippen LogP contribution in [-0.4, -0.2) is 43.3 Å². The topological polar surface area (TPSA) is 119 Å². The van der Waals surface area contributed by atoms with E-state index in [0.29, 0.717) is 11.3 Å². The number of rotatable bonds is 8. The Bertz CT molecular complexity index is 1250. The van der Waals surface area contributed by atoms with E-state index in [1.54, 1.807) is 44.5 Å². The lowest BCUT2D eigenvalue weighted by Crippen LogP contribution is -2.47. The van der Waals surface area contributed by atoms with E-state index in [9.17, 15) is 14.4 Å². The fourth-order valence-electron chi connectivity index (χ4n) is 3.87. The van der Waals surface area contributed by atoms with E-state index in [2.05, 4.69) is 15.6 Å². The van der Waals surface area contributed by atoms with Crippen molar-refractivity contribution >= 4 is 28.9 Å². The molecule has 1 aliphatic heterocycles. The summed E-state index contributed by atoms with van der Waals surface area (Å²) < 4.78 is 15.9. The van der Waals surface area contributed by atoms with Gasteiger partial charge in [0.15, 0.2) is 0 Å². The van der Waals surface area contributed by atoms with E-state index in [0.717, 1.165) is 16.5 Å². The van der Waals surface area contributed by atoms with E-state index in [4.69, 9.17) is 14.2 Å². The third-order valence-corrected chi connectivity index (χ3v) is 5.49. The number of hydrogen-bond donors (Lipinski definition) is 3. The highest BCUT2D eigenvalue weighted by Gasteiger charge is 2.34. The van der Waals surface area contributed by atoms with Gasteiger partial charge >= 0.3 is 18.0 Å². The number of fused-ring (bicyclic) bond motifs is 1. The van der Waals surface area contributed by atoms with E-state index >= 15 is 0 Å². The molecule has 2 heterocycles. The van der Waals surface area contributed by atoms with Crippen molar-refractivity contribution in [3.8, 4) is 5.75 Å². The van der Waals surface area contributed by atoms with E-state index in [-0.39, 0.29) is 30.9 Å². The van der Waals surface area contributed by atoms with Crippen LogP contribution in [0, 0.1) is 0 Å². The standard InChI is InChI=1S/C25H25N3O6/c1-3-33-24(30)22-20(27-25(31)28-23(22)15-8-10-17(32-2)11-9-15)14-34-21(29)12-16-13-26-19-7-5-4-6-18(16)19/h4-11,13,23,26H,3,12,14H2,1-2H3,(H2,27,28,31). The van der Waals surface area contributed by atoms with Gasteiger partial charge in [-0.1, -0.05) is 30.3 Å². The molecular weight excluding hydrogens is 438 g/mol. The molecule has 9 nitrogen and oxygen atoms in total. The summed E-state index contributed by atoms with van der Waals surface area (Å²) in [6, 6.07) is 13.3. The van der Waals surface area contributed by atoms with Crippen molar-refractivity contribution in [3.63, 3.8) is 0 Å². The molecule has 2 amide bonds. The van der Waals surface area contributed by atoms with Crippen molar-refractivity contribution < 1.29 is 28.6 Å². The van der Waals surface area contributed by atoms with Gasteiger partial charge < -0.3 is 29.8 Å². The number of para-hydroxylation sites is 1. The van der Waals surface area contributed by atoms with Gasteiger partial charge in [0.05, 0.1) is 37.4 Å². The number of urea groups is 1. The molecule has 4 rings (SSSR count). The van der Waals surface area contributed by atoms with Gasteiger partial charge in [0.2, 0.25) is 0 Å². The molecule has 1 aliphatic rings. The number of benzene rings is 2. The summed E-state index contributed by atoms with van der Waals surface area (Å²) in [5.74, 6) is -0.468. The Morgan fingerprint density at radius 2 is 1.79 bits per heavy atom. The van der Waals surface area contributed by atoms with Gasteiger partial charge in [-0.15, -0.1) is 0 Å². The summed E-state index contributed by atoms with van der Waals surface area (Å²) in [5.41, 5.74) is 2.72. The van der Waals surface area contributed by atoms with Gasteiger partial charge in [0.25, 0.3) is 0 Å². The minimum absolute atomic E-state index is 0.0418. The van der Waals surface area contributed by atoms with Gasteiger partial charge in [0.1, 0.15) is 12.4 Å². The van der Waals surface area contributed by atoms with Crippen LogP contribution >= 0.6 is 0 Å². The Morgan fingerprint density at radius 3 is 2.53 bits per heavy atom. The molecule has 0 saturated heterocycles. The maximum atomic E-state index is 12.8. The van der Waals surface area contributed by atoms with Crippen LogP contribution in [0.5, 0.6) is 5.75 Å². The summed E-state index contributed by atoms with van der Waals surface area (Å²) in [5, 5.41) is 6.26. The van der Waals surface area contributed by atoms with Crippen molar-refractivity contribution in [1.82, 2.24) is 15.6 Å². The minimum atomic E-state index is -0.777. The molecule has 0 fully saturated rings. The molecule has 0 bridgehead atoms. The molecule has 3 N–H and O–H groups in total. The van der Waals surface area contributed by atoms with E-state index in [1.807, 2.05) is 24.3 Å². The molecule has 1 aromatic heterocycles. The normalized spacial score (nSPS) is 15.5. The minimum Gasteiger partial charge on any atom is -0.497 e. The number of aromatic amines is 1. The second-order valence-corrected chi connectivity index (χ2v) is 7.61. The van der Waals surface area contributed by atoms with Crippen LogP contribution < -0.4 is 15.4 Å². The molecule has 0 aliphatic carbocycles. The first-order valence-electron chi connectivity index (χ1n) is 10.8. The Balaban J connectivity index is 1.57. The highest BCUT2D eigenvalue weighted by molar-refractivity contribution is 5.95. The number of aromatic nitrogens is 1. The molecule has 9 heteroatoms. The van der Waals surface area contributed by atoms with Crippen molar-refractivity contribution in [3.05, 3.63) is 77.1 Å². The highest BCUT2D eigenvalue weighted by atomic mass is 16.5. The monoisotopic (exact) mass is 463 g/mol. The lowest BCUT2D eigenvalue weighted by atomic mass is 9.95. The molecule has 176 valence electrons. The lowest BCUT2D eigenvalue weighted by molar-refractivity contribution is -0.143. The average molecular weight is 463 g/mol. The zero-order chi connectivity index (χ0) is 24.1. The number of hydrogen-bond acceptors (Lipinski definition) is 6. The summed E-state index contributed by atoms with van der Waals surface area (Å²) in [4.78, 5) is 40.9. The Hall–Kier alpha value is -4.27. The molecule has 1 unspecified atom stereocenters. The first kappa shape index (κ1) is 22.9. The Kier molecular flexibility index (Phi) is 6.82. The zero-order valence-corrected chi connectivity index (χ0v) is 18.8. The van der Waals surface area contributed by atoms with Gasteiger partial charge in [-0.3, -0.25) is 4.79 Å². The Morgan fingerprint density at radius 1 is 1.03 bits per heavy atom. The number of H-pyrrole nitrogens is 1. The van der Waals surface area contributed by atoms with E-state index in [1.165, 1.54) is 0 Å². The number of methoxy groups -OCH3 is 1. The first-order valence-corrected chi connectivity index (χ1v) is 10.8. The van der Waals surface area contributed by atoms with Crippen LogP contribution in [0.15, 0.2) is 66.0 Å². The quantitative estimate of drug-likeness (QED) is 0.442. The molecule has 3 aromatic rings. The van der Waals surface area contributed by atoms with Crippen LogP contribution in [0.1, 0.15) is 24.1 Å². The zero-order valence-electron chi connectivity index (χ0n) is 18.8. The maximum Gasteiger partial charge on any atom is 0.338 e. The lowest BCUT2D eigenvalue weighted by Gasteiger charge is -2.29. The van der Waals surface area contributed by atoms with Gasteiger partial charge in [-0.05, 0) is 36.2 Å². The third kappa shape index (κ3) is 4.88. The summed E-state index contributed by atoms with van der Waals surface area (Å²) >= 11 is 0. The Labute approximate surface area is 196 Å². The number of carbonyl (C=O) groups is 3. The van der Waals surface area contributed by atoms with Crippen molar-refractivity contribution in [2.75, 3.05) is 20.3 Å². The molecule has 2 aromatic carbocycles. The molecule has 0 spiro atoms. The smallest absolute Gasteiger partial charge is 0.338 e. The number of carbonyl (C=O) groups excluding carboxylic acids is 3. The van der Waals surface area contributed by atoms with Gasteiger partial charge in [0, 0.05) is 17.1 Å². The summed E-state index contributed by atoms with van der Waals surface area (Å²) in [7, 11) is 1.55. The molecule has 0 radical (unpaired) electrons. The van der Waals surface area contributed by atoms with Crippen LogP contribution in [0.3, 0.4) is 0 Å². The predicted molar refractivity (Wildman–Crippen MR) is 124 cm³/mol. The average Bonchev–Trinajstić information content (AvgIpc) is 3.25. The summed E-state index contributed by atoms with van der Waals surface area (Å²) in [6.07, 6.45) is 1.81. The van der Waals surface area contributed by atoms with Gasteiger partial charge in [-0.25, -0.2) is 9.59 Å². The number of esters is 2. The molecule has 34 heavy (non-hydrogen) atoms. The van der Waals surface area contributed by atoms with Crippen molar-refractivity contribution in [2.45, 2.75) is 19.4 Å². The van der Waals surface area contributed by atoms with Crippen LogP contribution in [0.2, 0.25) is 0 Å².